The Hall–Kier alpha value is -1.68. The fourth-order valence-electron chi connectivity index (χ4n) is 3.29. The average Bonchev–Trinajstić information content (AvgIpc) is 3.13. The van der Waals surface area contributed by atoms with Gasteiger partial charge in [-0.05, 0) is 30.7 Å². The second-order valence-corrected chi connectivity index (χ2v) is 7.97. The minimum absolute atomic E-state index is 0.0347. The van der Waals surface area contributed by atoms with Crippen LogP contribution < -0.4 is 5.32 Å². The van der Waals surface area contributed by atoms with Crippen LogP contribution in [0.4, 0.5) is 0 Å². The number of rotatable bonds is 5. The first-order valence-electron chi connectivity index (χ1n) is 8.34. The normalized spacial score (nSPS) is 16.4. The molecule has 3 nitrogen and oxygen atoms in total. The van der Waals surface area contributed by atoms with Gasteiger partial charge < -0.3 is 5.32 Å². The van der Waals surface area contributed by atoms with Crippen LogP contribution in [0.15, 0.2) is 30.3 Å². The van der Waals surface area contributed by atoms with Crippen molar-refractivity contribution >= 4 is 17.2 Å². The van der Waals surface area contributed by atoms with E-state index in [4.69, 9.17) is 0 Å². The van der Waals surface area contributed by atoms with Crippen LogP contribution in [0.1, 0.15) is 58.5 Å². The second kappa shape index (κ2) is 6.83. The lowest BCUT2D eigenvalue weighted by Gasteiger charge is -2.23. The first kappa shape index (κ1) is 16.2. The van der Waals surface area contributed by atoms with Crippen molar-refractivity contribution in [3.05, 3.63) is 51.5 Å². The lowest BCUT2D eigenvalue weighted by Crippen LogP contribution is -2.34. The number of hydrogen-bond donors (Lipinski definition) is 1. The quantitative estimate of drug-likeness (QED) is 0.886. The topological polar surface area (TPSA) is 42.0 Å². The van der Waals surface area contributed by atoms with Crippen LogP contribution in [0, 0.1) is 12.3 Å². The third-order valence-electron chi connectivity index (χ3n) is 4.73. The maximum atomic E-state index is 12.5. The molecule has 1 aliphatic carbocycles. The van der Waals surface area contributed by atoms with E-state index in [0.717, 1.165) is 28.5 Å². The van der Waals surface area contributed by atoms with Crippen molar-refractivity contribution in [3.8, 4) is 0 Å². The SMILES string of the molecule is Cc1nc(Cc2ccccc2)sc1C(=O)NCC1(C)CCCC1. The largest absolute Gasteiger partial charge is 0.351 e. The molecule has 0 unspecified atom stereocenters. The van der Waals surface area contributed by atoms with Gasteiger partial charge in [0.15, 0.2) is 0 Å². The van der Waals surface area contributed by atoms with E-state index >= 15 is 0 Å². The Labute approximate surface area is 142 Å². The van der Waals surface area contributed by atoms with E-state index in [-0.39, 0.29) is 11.3 Å². The van der Waals surface area contributed by atoms with Crippen LogP contribution in [0.2, 0.25) is 0 Å². The summed E-state index contributed by atoms with van der Waals surface area (Å²) in [7, 11) is 0. The van der Waals surface area contributed by atoms with Crippen molar-refractivity contribution in [2.75, 3.05) is 6.54 Å². The molecule has 2 aromatic rings. The molecule has 0 atom stereocenters. The van der Waals surface area contributed by atoms with E-state index in [1.54, 1.807) is 0 Å². The van der Waals surface area contributed by atoms with Gasteiger partial charge >= 0.3 is 0 Å². The summed E-state index contributed by atoms with van der Waals surface area (Å²) in [6.07, 6.45) is 5.79. The molecule has 0 aliphatic heterocycles. The summed E-state index contributed by atoms with van der Waals surface area (Å²) in [5.74, 6) is 0.0347. The van der Waals surface area contributed by atoms with Gasteiger partial charge in [-0.3, -0.25) is 4.79 Å². The molecule has 1 aromatic carbocycles. The summed E-state index contributed by atoms with van der Waals surface area (Å²) in [6, 6.07) is 10.3. The molecular formula is C19H24N2OS. The molecule has 1 fully saturated rings. The Kier molecular flexibility index (Phi) is 4.81. The highest BCUT2D eigenvalue weighted by molar-refractivity contribution is 7.13. The van der Waals surface area contributed by atoms with Gasteiger partial charge in [0.05, 0.1) is 10.7 Å². The lowest BCUT2D eigenvalue weighted by molar-refractivity contribution is 0.0937. The number of aryl methyl sites for hydroxylation is 1. The average molecular weight is 328 g/mol. The highest BCUT2D eigenvalue weighted by Gasteiger charge is 2.29. The number of hydrogen-bond acceptors (Lipinski definition) is 3. The second-order valence-electron chi connectivity index (χ2n) is 6.88. The minimum Gasteiger partial charge on any atom is -0.351 e. The highest BCUT2D eigenvalue weighted by atomic mass is 32.1. The third kappa shape index (κ3) is 3.99. The van der Waals surface area contributed by atoms with Gasteiger partial charge in [0.1, 0.15) is 4.88 Å². The van der Waals surface area contributed by atoms with E-state index in [1.165, 1.54) is 42.6 Å². The third-order valence-corrected chi connectivity index (χ3v) is 5.89. The molecule has 1 saturated carbocycles. The van der Waals surface area contributed by atoms with Gasteiger partial charge in [0.2, 0.25) is 0 Å². The summed E-state index contributed by atoms with van der Waals surface area (Å²) in [5, 5.41) is 4.14. The van der Waals surface area contributed by atoms with Crippen molar-refractivity contribution in [2.45, 2.75) is 46.0 Å². The standard InChI is InChI=1S/C19H24N2OS/c1-14-17(18(22)20-13-19(2)10-6-7-11-19)23-16(21-14)12-15-8-4-3-5-9-15/h3-5,8-9H,6-7,10-13H2,1-2H3,(H,20,22). The summed E-state index contributed by atoms with van der Waals surface area (Å²) in [4.78, 5) is 17.8. The Morgan fingerprint density at radius 2 is 1.96 bits per heavy atom. The molecule has 122 valence electrons. The highest BCUT2D eigenvalue weighted by Crippen LogP contribution is 2.36. The number of carbonyl (C=O) groups is 1. The van der Waals surface area contributed by atoms with Crippen molar-refractivity contribution in [1.29, 1.82) is 0 Å². The van der Waals surface area contributed by atoms with Crippen molar-refractivity contribution in [1.82, 2.24) is 10.3 Å². The first-order chi connectivity index (χ1) is 11.1. The van der Waals surface area contributed by atoms with Crippen LogP contribution in [-0.2, 0) is 6.42 Å². The molecule has 4 heteroatoms. The smallest absolute Gasteiger partial charge is 0.263 e. The maximum absolute atomic E-state index is 12.5. The predicted octanol–water partition coefficient (Wildman–Crippen LogP) is 4.35. The fourth-order valence-corrected chi connectivity index (χ4v) is 4.30. The number of benzene rings is 1. The molecule has 0 bridgehead atoms. The Morgan fingerprint density at radius 1 is 1.26 bits per heavy atom. The van der Waals surface area contributed by atoms with Gasteiger partial charge in [0, 0.05) is 13.0 Å². The van der Waals surface area contributed by atoms with E-state index in [2.05, 4.69) is 29.4 Å². The van der Waals surface area contributed by atoms with Crippen LogP contribution >= 0.6 is 11.3 Å². The van der Waals surface area contributed by atoms with Crippen molar-refractivity contribution in [3.63, 3.8) is 0 Å². The molecule has 1 heterocycles. The van der Waals surface area contributed by atoms with Crippen LogP contribution in [0.25, 0.3) is 0 Å². The van der Waals surface area contributed by atoms with Crippen LogP contribution in [0.5, 0.6) is 0 Å². The Balaban J connectivity index is 1.64. The fraction of sp³-hybridized carbons (Fsp3) is 0.474. The van der Waals surface area contributed by atoms with Crippen LogP contribution in [0.3, 0.4) is 0 Å². The zero-order valence-electron chi connectivity index (χ0n) is 13.9. The molecule has 1 aromatic heterocycles. The zero-order valence-corrected chi connectivity index (χ0v) is 14.7. The van der Waals surface area contributed by atoms with E-state index in [0.29, 0.717) is 0 Å². The Bertz CT molecular complexity index is 672. The minimum atomic E-state index is 0.0347. The summed E-state index contributed by atoms with van der Waals surface area (Å²) < 4.78 is 0. The zero-order chi connectivity index (χ0) is 16.3. The van der Waals surface area contributed by atoms with Crippen molar-refractivity contribution in [2.24, 2.45) is 5.41 Å². The molecular weight excluding hydrogens is 304 g/mol. The number of carbonyl (C=O) groups excluding carboxylic acids is 1. The van der Waals surface area contributed by atoms with Gasteiger partial charge in [-0.15, -0.1) is 11.3 Å². The van der Waals surface area contributed by atoms with Gasteiger partial charge in [-0.25, -0.2) is 4.98 Å². The summed E-state index contributed by atoms with van der Waals surface area (Å²) in [5.41, 5.74) is 2.35. The Morgan fingerprint density at radius 3 is 2.65 bits per heavy atom. The first-order valence-corrected chi connectivity index (χ1v) is 9.16. The molecule has 1 amide bonds. The molecule has 1 N–H and O–H groups in total. The van der Waals surface area contributed by atoms with Gasteiger partial charge in [-0.1, -0.05) is 50.1 Å². The summed E-state index contributed by atoms with van der Waals surface area (Å²) in [6.45, 7) is 4.98. The van der Waals surface area contributed by atoms with E-state index in [9.17, 15) is 4.79 Å². The maximum Gasteiger partial charge on any atom is 0.263 e. The van der Waals surface area contributed by atoms with E-state index in [1.807, 2.05) is 25.1 Å². The number of nitrogens with zero attached hydrogens (tertiary/aromatic N) is 1. The number of amides is 1. The molecule has 23 heavy (non-hydrogen) atoms. The predicted molar refractivity (Wildman–Crippen MR) is 95.0 cm³/mol. The van der Waals surface area contributed by atoms with Gasteiger partial charge in [0.25, 0.3) is 5.91 Å². The molecule has 0 spiro atoms. The molecule has 3 rings (SSSR count). The lowest BCUT2D eigenvalue weighted by atomic mass is 9.89. The molecule has 0 saturated heterocycles. The van der Waals surface area contributed by atoms with Crippen LogP contribution in [-0.4, -0.2) is 17.4 Å². The monoisotopic (exact) mass is 328 g/mol. The van der Waals surface area contributed by atoms with E-state index < -0.39 is 0 Å². The number of thiazole rings is 1. The number of nitrogens with one attached hydrogen (secondary N) is 1. The van der Waals surface area contributed by atoms with Gasteiger partial charge in [-0.2, -0.15) is 0 Å². The summed E-state index contributed by atoms with van der Waals surface area (Å²) >= 11 is 1.52. The molecule has 0 radical (unpaired) electrons. The number of aromatic nitrogens is 1. The van der Waals surface area contributed by atoms with Crippen molar-refractivity contribution < 1.29 is 4.79 Å². The molecule has 1 aliphatic rings.